The number of likely N-dealkylation sites (tertiary alicyclic amines) is 1. The van der Waals surface area contributed by atoms with Gasteiger partial charge in [-0.05, 0) is 55.1 Å². The Bertz CT molecular complexity index is 700. The normalized spacial score (nSPS) is 25.5. The van der Waals surface area contributed by atoms with Crippen LogP contribution in [0.2, 0.25) is 0 Å². The average Bonchev–Trinajstić information content (AvgIpc) is 3.49. The van der Waals surface area contributed by atoms with Gasteiger partial charge in [-0.3, -0.25) is 9.59 Å². The fraction of sp³-hybridized carbons (Fsp3) is 0.636. The predicted octanol–water partition coefficient (Wildman–Crippen LogP) is 3.56. The zero-order valence-electron chi connectivity index (χ0n) is 16.0. The molecule has 1 saturated heterocycles. The fourth-order valence-corrected chi connectivity index (χ4v) is 4.60. The number of piperidine rings is 1. The molecule has 1 atom stereocenters. The molecule has 4 nitrogen and oxygen atoms in total. The summed E-state index contributed by atoms with van der Waals surface area (Å²) in [5.74, 6) is 0.804. The number of rotatable bonds is 3. The highest BCUT2D eigenvalue weighted by Gasteiger charge is 2.37. The van der Waals surface area contributed by atoms with E-state index in [1.54, 1.807) is 0 Å². The third-order valence-corrected chi connectivity index (χ3v) is 6.54. The first-order valence-corrected chi connectivity index (χ1v) is 10.1. The minimum Gasteiger partial charge on any atom is -0.349 e. The van der Waals surface area contributed by atoms with Gasteiger partial charge in [0.25, 0.3) is 0 Å². The number of benzene rings is 1. The standard InChI is InChI=1S/C22H30N2O2/c1-22(2)12-9-19(17-5-3-4-6-18(17)22)23-20(25)15-10-13-24(14-11-15)21(26)16-7-8-16/h3-6,15-16,19H,7-14H2,1-2H3,(H,23,25)/t19-/m1/s1. The third kappa shape index (κ3) is 3.38. The van der Waals surface area contributed by atoms with Crippen molar-refractivity contribution in [3.05, 3.63) is 35.4 Å². The van der Waals surface area contributed by atoms with E-state index in [2.05, 4.69) is 43.4 Å². The number of hydrogen-bond acceptors (Lipinski definition) is 2. The van der Waals surface area contributed by atoms with Crippen molar-refractivity contribution in [2.45, 2.75) is 63.8 Å². The van der Waals surface area contributed by atoms with E-state index in [0.717, 1.165) is 51.6 Å². The third-order valence-electron chi connectivity index (χ3n) is 6.54. The number of carbonyl (C=O) groups excluding carboxylic acids is 2. The molecule has 26 heavy (non-hydrogen) atoms. The molecule has 0 radical (unpaired) electrons. The number of fused-ring (bicyclic) bond motifs is 1. The average molecular weight is 354 g/mol. The molecule has 1 aromatic carbocycles. The molecule has 1 heterocycles. The van der Waals surface area contributed by atoms with E-state index < -0.39 is 0 Å². The van der Waals surface area contributed by atoms with E-state index in [9.17, 15) is 9.59 Å². The zero-order chi connectivity index (χ0) is 18.3. The van der Waals surface area contributed by atoms with E-state index in [1.165, 1.54) is 11.1 Å². The van der Waals surface area contributed by atoms with Crippen LogP contribution in [0.25, 0.3) is 0 Å². The molecule has 2 amide bonds. The molecule has 2 aliphatic carbocycles. The Balaban J connectivity index is 1.37. The van der Waals surface area contributed by atoms with Crippen molar-refractivity contribution in [2.24, 2.45) is 11.8 Å². The largest absolute Gasteiger partial charge is 0.349 e. The summed E-state index contributed by atoms with van der Waals surface area (Å²) in [6.07, 6.45) is 5.78. The smallest absolute Gasteiger partial charge is 0.225 e. The molecule has 140 valence electrons. The second kappa shape index (κ2) is 6.71. The van der Waals surface area contributed by atoms with Crippen LogP contribution >= 0.6 is 0 Å². The maximum atomic E-state index is 12.8. The van der Waals surface area contributed by atoms with Gasteiger partial charge in [-0.1, -0.05) is 38.1 Å². The topological polar surface area (TPSA) is 49.4 Å². The highest BCUT2D eigenvalue weighted by molar-refractivity contribution is 5.82. The van der Waals surface area contributed by atoms with E-state index in [0.29, 0.717) is 5.91 Å². The highest BCUT2D eigenvalue weighted by atomic mass is 16.2. The van der Waals surface area contributed by atoms with Crippen LogP contribution in [0.5, 0.6) is 0 Å². The Morgan fingerprint density at radius 3 is 2.38 bits per heavy atom. The van der Waals surface area contributed by atoms with Gasteiger partial charge < -0.3 is 10.2 Å². The molecule has 1 aromatic rings. The lowest BCUT2D eigenvalue weighted by Crippen LogP contribution is -2.45. The monoisotopic (exact) mass is 354 g/mol. The first kappa shape index (κ1) is 17.6. The molecule has 1 N–H and O–H groups in total. The maximum Gasteiger partial charge on any atom is 0.225 e. The summed E-state index contributed by atoms with van der Waals surface area (Å²) in [6.45, 7) is 6.05. The first-order valence-electron chi connectivity index (χ1n) is 10.1. The molecule has 0 unspecified atom stereocenters. The van der Waals surface area contributed by atoms with Crippen LogP contribution in [0.15, 0.2) is 24.3 Å². The summed E-state index contributed by atoms with van der Waals surface area (Å²) in [5.41, 5.74) is 2.81. The van der Waals surface area contributed by atoms with Gasteiger partial charge >= 0.3 is 0 Å². The van der Waals surface area contributed by atoms with Crippen LogP contribution < -0.4 is 5.32 Å². The van der Waals surface area contributed by atoms with Crippen molar-refractivity contribution >= 4 is 11.8 Å². The van der Waals surface area contributed by atoms with Crippen LogP contribution in [0.1, 0.15) is 69.5 Å². The molecule has 2 fully saturated rings. The molecule has 1 aliphatic heterocycles. The summed E-state index contributed by atoms with van der Waals surface area (Å²) in [4.78, 5) is 27.0. The fourth-order valence-electron chi connectivity index (χ4n) is 4.60. The van der Waals surface area contributed by atoms with Gasteiger partial charge in [-0.2, -0.15) is 0 Å². The minimum absolute atomic E-state index is 0.0420. The lowest BCUT2D eigenvalue weighted by atomic mass is 9.71. The molecule has 0 aromatic heterocycles. The van der Waals surface area contributed by atoms with E-state index in [-0.39, 0.29) is 29.2 Å². The number of amides is 2. The van der Waals surface area contributed by atoms with Crippen LogP contribution in [-0.4, -0.2) is 29.8 Å². The zero-order valence-corrected chi connectivity index (χ0v) is 16.0. The number of hydrogen-bond donors (Lipinski definition) is 1. The molecule has 1 saturated carbocycles. The van der Waals surface area contributed by atoms with Crippen molar-refractivity contribution in [1.29, 1.82) is 0 Å². The first-order chi connectivity index (χ1) is 12.5. The molecule has 4 rings (SSSR count). The van der Waals surface area contributed by atoms with E-state index >= 15 is 0 Å². The number of carbonyl (C=O) groups is 2. The van der Waals surface area contributed by atoms with Crippen molar-refractivity contribution in [2.75, 3.05) is 13.1 Å². The van der Waals surface area contributed by atoms with E-state index in [1.807, 2.05) is 4.90 Å². The molecule has 0 bridgehead atoms. The van der Waals surface area contributed by atoms with Crippen molar-refractivity contribution in [1.82, 2.24) is 10.2 Å². The van der Waals surface area contributed by atoms with Crippen LogP contribution in [0.3, 0.4) is 0 Å². The van der Waals surface area contributed by atoms with Gasteiger partial charge in [0.15, 0.2) is 0 Å². The highest BCUT2D eigenvalue weighted by Crippen LogP contribution is 2.41. The lowest BCUT2D eigenvalue weighted by molar-refractivity contribution is -0.136. The van der Waals surface area contributed by atoms with Gasteiger partial charge in [0.2, 0.25) is 11.8 Å². The van der Waals surface area contributed by atoms with Crippen molar-refractivity contribution in [3.63, 3.8) is 0 Å². The summed E-state index contributed by atoms with van der Waals surface area (Å²) < 4.78 is 0. The summed E-state index contributed by atoms with van der Waals surface area (Å²) in [5, 5.41) is 3.32. The number of nitrogens with zero attached hydrogens (tertiary/aromatic N) is 1. The van der Waals surface area contributed by atoms with Crippen LogP contribution in [0, 0.1) is 11.8 Å². The molecular weight excluding hydrogens is 324 g/mol. The summed E-state index contributed by atoms with van der Waals surface area (Å²) >= 11 is 0. The van der Waals surface area contributed by atoms with Gasteiger partial charge in [0.1, 0.15) is 0 Å². The van der Waals surface area contributed by atoms with Crippen LogP contribution in [0.4, 0.5) is 0 Å². The minimum atomic E-state index is 0.0420. The van der Waals surface area contributed by atoms with Gasteiger partial charge in [-0.15, -0.1) is 0 Å². The van der Waals surface area contributed by atoms with Crippen molar-refractivity contribution < 1.29 is 9.59 Å². The van der Waals surface area contributed by atoms with Gasteiger partial charge in [0.05, 0.1) is 6.04 Å². The Hall–Kier alpha value is -1.84. The van der Waals surface area contributed by atoms with Crippen molar-refractivity contribution in [3.8, 4) is 0 Å². The Labute approximate surface area is 156 Å². The lowest BCUT2D eigenvalue weighted by Gasteiger charge is -2.38. The summed E-state index contributed by atoms with van der Waals surface area (Å²) in [7, 11) is 0. The molecule has 4 heteroatoms. The maximum absolute atomic E-state index is 12.8. The Kier molecular flexibility index (Phi) is 4.54. The summed E-state index contributed by atoms with van der Waals surface area (Å²) in [6, 6.07) is 8.66. The number of nitrogens with one attached hydrogen (secondary N) is 1. The van der Waals surface area contributed by atoms with Gasteiger partial charge in [0, 0.05) is 24.9 Å². The SMILES string of the molecule is CC1(C)CC[C@@H](NC(=O)C2CCN(C(=O)C3CC3)CC2)c2ccccc21. The van der Waals surface area contributed by atoms with E-state index in [4.69, 9.17) is 0 Å². The second-order valence-corrected chi connectivity index (χ2v) is 8.94. The van der Waals surface area contributed by atoms with Crippen LogP contribution in [-0.2, 0) is 15.0 Å². The second-order valence-electron chi connectivity index (χ2n) is 8.94. The predicted molar refractivity (Wildman–Crippen MR) is 102 cm³/mol. The molecular formula is C22H30N2O2. The molecule has 3 aliphatic rings. The quantitative estimate of drug-likeness (QED) is 0.902. The molecule has 0 spiro atoms. The van der Waals surface area contributed by atoms with Gasteiger partial charge in [-0.25, -0.2) is 0 Å². The Morgan fingerprint density at radius 1 is 1.00 bits per heavy atom. The Morgan fingerprint density at radius 2 is 1.69 bits per heavy atom.